The second kappa shape index (κ2) is 17.0. The molecule has 0 aliphatic carbocycles. The third kappa shape index (κ3) is 9.29. The van der Waals surface area contributed by atoms with E-state index in [4.69, 9.17) is 16.3 Å². The van der Waals surface area contributed by atoms with Crippen molar-refractivity contribution in [3.05, 3.63) is 141 Å². The number of hydrogen-bond donors (Lipinski definition) is 3. The number of carbonyl (C=O) groups excluding carboxylic acids is 4. The Kier molecular flexibility index (Phi) is 12.3. The smallest absolute Gasteiger partial charge is 0.341 e. The maximum atomic E-state index is 13.5. The highest BCUT2D eigenvalue weighted by Gasteiger charge is 2.25. The van der Waals surface area contributed by atoms with Gasteiger partial charge in [-0.1, -0.05) is 83.9 Å². The average Bonchev–Trinajstić information content (AvgIpc) is 3.53. The van der Waals surface area contributed by atoms with E-state index in [1.807, 2.05) is 42.6 Å². The van der Waals surface area contributed by atoms with Gasteiger partial charge in [-0.3, -0.25) is 14.4 Å². The van der Waals surface area contributed by atoms with Crippen LogP contribution in [-0.4, -0.2) is 35.5 Å². The van der Waals surface area contributed by atoms with Crippen molar-refractivity contribution >= 4 is 75.2 Å². The van der Waals surface area contributed by atoms with Gasteiger partial charge in [0.05, 0.1) is 11.9 Å². The van der Waals surface area contributed by atoms with Crippen LogP contribution in [0.2, 0.25) is 5.02 Å². The topological polar surface area (TPSA) is 114 Å². The number of anilines is 2. The monoisotopic (exact) mass is 723 g/mol. The molecule has 5 rings (SSSR count). The summed E-state index contributed by atoms with van der Waals surface area (Å²) in [6, 6.07) is 30.4. The third-order valence-corrected chi connectivity index (χ3v) is 9.71. The SMILES string of the molecule is CCOC(=O)c1c(-c2ccc(C)cc2)csc1NC(=O)C(C)Sc1cccc(NC(=O)/C(=C\c2ccccc2Cl)NC(=O)c2ccccc2)c1. The Morgan fingerprint density at radius 1 is 0.900 bits per heavy atom. The first kappa shape index (κ1) is 36.1. The lowest BCUT2D eigenvalue weighted by Crippen LogP contribution is -2.30. The molecule has 4 aromatic carbocycles. The minimum Gasteiger partial charge on any atom is -0.462 e. The molecule has 0 fully saturated rings. The van der Waals surface area contributed by atoms with Gasteiger partial charge in [0.2, 0.25) is 5.91 Å². The van der Waals surface area contributed by atoms with Crippen molar-refractivity contribution in [3.63, 3.8) is 0 Å². The molecule has 0 saturated heterocycles. The third-order valence-electron chi connectivity index (χ3n) is 7.38. The lowest BCUT2D eigenvalue weighted by Gasteiger charge is -2.14. The molecule has 3 amide bonds. The molecule has 3 N–H and O–H groups in total. The van der Waals surface area contributed by atoms with Crippen LogP contribution in [0.4, 0.5) is 10.7 Å². The van der Waals surface area contributed by atoms with Crippen molar-refractivity contribution in [1.82, 2.24) is 5.32 Å². The van der Waals surface area contributed by atoms with Crippen LogP contribution >= 0.6 is 34.7 Å². The number of hydrogen-bond acceptors (Lipinski definition) is 7. The number of thiophene rings is 1. The van der Waals surface area contributed by atoms with Gasteiger partial charge in [0, 0.05) is 32.1 Å². The van der Waals surface area contributed by atoms with Gasteiger partial charge in [0.15, 0.2) is 0 Å². The molecule has 0 bridgehead atoms. The Bertz CT molecular complexity index is 2040. The van der Waals surface area contributed by atoms with Gasteiger partial charge in [-0.25, -0.2) is 4.79 Å². The van der Waals surface area contributed by atoms with Crippen molar-refractivity contribution in [3.8, 4) is 11.1 Å². The largest absolute Gasteiger partial charge is 0.462 e. The normalized spacial score (nSPS) is 11.7. The predicted molar refractivity (Wildman–Crippen MR) is 203 cm³/mol. The van der Waals surface area contributed by atoms with Gasteiger partial charge in [0.1, 0.15) is 16.3 Å². The fraction of sp³-hybridized carbons (Fsp3) is 0.128. The van der Waals surface area contributed by atoms with Gasteiger partial charge < -0.3 is 20.7 Å². The molecule has 0 spiro atoms. The minimum atomic E-state index is -0.568. The van der Waals surface area contributed by atoms with Gasteiger partial charge in [-0.05, 0) is 74.4 Å². The summed E-state index contributed by atoms with van der Waals surface area (Å²) in [5, 5.41) is 10.6. The predicted octanol–water partition coefficient (Wildman–Crippen LogP) is 9.08. The summed E-state index contributed by atoms with van der Waals surface area (Å²) in [6.07, 6.45) is 1.52. The van der Waals surface area contributed by atoms with Crippen molar-refractivity contribution in [2.75, 3.05) is 17.2 Å². The first-order valence-corrected chi connectivity index (χ1v) is 17.8. The molecule has 0 saturated carbocycles. The summed E-state index contributed by atoms with van der Waals surface area (Å²) in [4.78, 5) is 53.7. The molecule has 50 heavy (non-hydrogen) atoms. The molecule has 8 nitrogen and oxygen atoms in total. The molecule has 0 radical (unpaired) electrons. The van der Waals surface area contributed by atoms with E-state index in [9.17, 15) is 19.2 Å². The summed E-state index contributed by atoms with van der Waals surface area (Å²) in [5.74, 6) is -1.83. The van der Waals surface area contributed by atoms with Crippen LogP contribution < -0.4 is 16.0 Å². The summed E-state index contributed by atoms with van der Waals surface area (Å²) in [5.41, 5.74) is 4.34. The number of aryl methyl sites for hydroxylation is 1. The van der Waals surface area contributed by atoms with Crippen LogP contribution in [0.25, 0.3) is 17.2 Å². The zero-order valence-electron chi connectivity index (χ0n) is 27.5. The van der Waals surface area contributed by atoms with Crippen LogP contribution in [0.3, 0.4) is 0 Å². The van der Waals surface area contributed by atoms with Crippen LogP contribution in [0, 0.1) is 6.92 Å². The molecule has 1 unspecified atom stereocenters. The molecule has 0 aliphatic heterocycles. The Morgan fingerprint density at radius 3 is 2.34 bits per heavy atom. The number of nitrogens with one attached hydrogen (secondary N) is 3. The highest BCUT2D eigenvalue weighted by molar-refractivity contribution is 8.00. The molecule has 1 atom stereocenters. The Hall–Kier alpha value is -5.16. The van der Waals surface area contributed by atoms with Gasteiger partial charge in [-0.15, -0.1) is 23.1 Å². The molecule has 1 aromatic heterocycles. The van der Waals surface area contributed by atoms with Gasteiger partial charge in [0.25, 0.3) is 11.8 Å². The lowest BCUT2D eigenvalue weighted by atomic mass is 10.0. The second-order valence-corrected chi connectivity index (χ2v) is 13.8. The molecule has 254 valence electrons. The Balaban J connectivity index is 1.30. The van der Waals surface area contributed by atoms with Gasteiger partial charge >= 0.3 is 5.97 Å². The first-order chi connectivity index (χ1) is 24.1. The van der Waals surface area contributed by atoms with Crippen LogP contribution in [0.5, 0.6) is 0 Å². The number of rotatable bonds is 12. The molecule has 0 aliphatic rings. The molecule has 11 heteroatoms. The maximum absolute atomic E-state index is 13.5. The number of amides is 3. The van der Waals surface area contributed by atoms with Crippen LogP contribution in [-0.2, 0) is 14.3 Å². The standard InChI is InChI=1S/C39H34ClN3O5S2/c1-4-48-39(47)34-31(26-19-17-24(2)18-20-26)23-49-38(34)43-35(44)25(3)50-30-15-10-14-29(22-30)41-37(46)33(21-28-13-8-9-16-32(28)40)42-36(45)27-11-6-5-7-12-27/h5-23,25H,4H2,1-3H3,(H,41,46)(H,42,45)(H,43,44)/b33-21+. The minimum absolute atomic E-state index is 0.00360. The summed E-state index contributed by atoms with van der Waals surface area (Å²) >= 11 is 8.91. The van der Waals surface area contributed by atoms with E-state index in [2.05, 4.69) is 16.0 Å². The van der Waals surface area contributed by atoms with Crippen molar-refractivity contribution in [1.29, 1.82) is 0 Å². The fourth-order valence-electron chi connectivity index (χ4n) is 4.81. The molecule has 1 heterocycles. The molecular weight excluding hydrogens is 690 g/mol. The van der Waals surface area contributed by atoms with E-state index >= 15 is 0 Å². The summed E-state index contributed by atoms with van der Waals surface area (Å²) in [7, 11) is 0. The van der Waals surface area contributed by atoms with E-state index < -0.39 is 23.0 Å². The van der Waals surface area contributed by atoms with Crippen molar-refractivity contribution < 1.29 is 23.9 Å². The van der Waals surface area contributed by atoms with E-state index in [1.165, 1.54) is 29.2 Å². The molecular formula is C39H34ClN3O5S2. The summed E-state index contributed by atoms with van der Waals surface area (Å²) in [6.45, 7) is 5.68. The zero-order valence-corrected chi connectivity index (χ0v) is 29.9. The van der Waals surface area contributed by atoms with Crippen molar-refractivity contribution in [2.45, 2.75) is 30.9 Å². The number of halogens is 1. The Morgan fingerprint density at radius 2 is 1.62 bits per heavy atom. The van der Waals surface area contributed by atoms with E-state index in [-0.39, 0.29) is 18.2 Å². The quantitative estimate of drug-likeness (QED) is 0.0673. The van der Waals surface area contributed by atoms with Crippen LogP contribution in [0.15, 0.2) is 119 Å². The number of benzene rings is 4. The number of esters is 1. The second-order valence-electron chi connectivity index (χ2n) is 11.1. The first-order valence-electron chi connectivity index (χ1n) is 15.7. The lowest BCUT2D eigenvalue weighted by molar-refractivity contribution is -0.115. The van der Waals surface area contributed by atoms with E-state index in [1.54, 1.807) is 86.6 Å². The maximum Gasteiger partial charge on any atom is 0.341 e. The Labute approximate surface area is 303 Å². The average molecular weight is 724 g/mol. The van der Waals surface area contributed by atoms with E-state index in [0.29, 0.717) is 42.9 Å². The number of carbonyl (C=O) groups is 4. The highest BCUT2D eigenvalue weighted by atomic mass is 35.5. The molecule has 5 aromatic rings. The van der Waals surface area contributed by atoms with Crippen LogP contribution in [0.1, 0.15) is 45.7 Å². The summed E-state index contributed by atoms with van der Waals surface area (Å²) < 4.78 is 5.34. The zero-order chi connectivity index (χ0) is 35.6. The fourth-order valence-corrected chi connectivity index (χ4v) is 6.89. The highest BCUT2D eigenvalue weighted by Crippen LogP contribution is 2.37. The number of thioether (sulfide) groups is 1. The van der Waals surface area contributed by atoms with E-state index in [0.717, 1.165) is 11.1 Å². The van der Waals surface area contributed by atoms with Gasteiger partial charge in [-0.2, -0.15) is 0 Å². The number of ether oxygens (including phenoxy) is 1. The van der Waals surface area contributed by atoms with Crippen molar-refractivity contribution in [2.24, 2.45) is 0 Å².